The lowest BCUT2D eigenvalue weighted by molar-refractivity contribution is 0.391. The maximum absolute atomic E-state index is 5.75. The van der Waals surface area contributed by atoms with Crippen LogP contribution in [0.25, 0.3) is 0 Å². The second-order valence-corrected chi connectivity index (χ2v) is 5.02. The lowest BCUT2D eigenvalue weighted by Gasteiger charge is -2.20. The van der Waals surface area contributed by atoms with Crippen molar-refractivity contribution in [2.75, 3.05) is 5.32 Å². The summed E-state index contributed by atoms with van der Waals surface area (Å²) in [6.45, 7) is 4.58. The second kappa shape index (κ2) is 5.00. The Hall–Kier alpha value is -0.830. The summed E-state index contributed by atoms with van der Waals surface area (Å²) in [5.74, 6) is 2.23. The molecule has 0 aliphatic heterocycles. The van der Waals surface area contributed by atoms with Gasteiger partial charge in [0.1, 0.15) is 0 Å². The first-order valence-electron chi connectivity index (χ1n) is 5.94. The molecule has 3 unspecified atom stereocenters. The molecule has 0 spiro atoms. The number of hydrogen-bond acceptors (Lipinski definition) is 3. The Balaban J connectivity index is 1.98. The molecule has 1 aliphatic carbocycles. The van der Waals surface area contributed by atoms with E-state index >= 15 is 0 Å². The molecule has 3 nitrogen and oxygen atoms in total. The van der Waals surface area contributed by atoms with Crippen molar-refractivity contribution in [3.8, 4) is 0 Å². The van der Waals surface area contributed by atoms with Crippen LogP contribution in [0.5, 0.6) is 0 Å². The fourth-order valence-electron chi connectivity index (χ4n) is 2.58. The van der Waals surface area contributed by atoms with Crippen LogP contribution in [0.15, 0.2) is 12.4 Å². The van der Waals surface area contributed by atoms with E-state index in [1.54, 1.807) is 12.4 Å². The second-order valence-electron chi connectivity index (χ2n) is 4.58. The summed E-state index contributed by atoms with van der Waals surface area (Å²) in [4.78, 5) is 8.35. The summed E-state index contributed by atoms with van der Waals surface area (Å²) in [5, 5.41) is 3.98. The van der Waals surface area contributed by atoms with Gasteiger partial charge in [0.2, 0.25) is 5.95 Å². The van der Waals surface area contributed by atoms with Crippen molar-refractivity contribution in [3.63, 3.8) is 0 Å². The molecule has 1 N–H and O–H groups in total. The zero-order chi connectivity index (χ0) is 11.5. The number of rotatable bonds is 3. The first kappa shape index (κ1) is 11.6. The van der Waals surface area contributed by atoms with Crippen molar-refractivity contribution < 1.29 is 0 Å². The zero-order valence-corrected chi connectivity index (χ0v) is 10.5. The number of halogens is 1. The van der Waals surface area contributed by atoms with Gasteiger partial charge in [0, 0.05) is 6.04 Å². The van der Waals surface area contributed by atoms with Crippen molar-refractivity contribution >= 4 is 17.5 Å². The topological polar surface area (TPSA) is 37.8 Å². The third-order valence-electron chi connectivity index (χ3n) is 3.69. The lowest BCUT2D eigenvalue weighted by Crippen LogP contribution is -2.25. The predicted octanol–water partition coefficient (Wildman–Crippen LogP) is 3.37. The average molecular weight is 240 g/mol. The highest BCUT2D eigenvalue weighted by molar-refractivity contribution is 6.30. The largest absolute Gasteiger partial charge is 0.351 e. The van der Waals surface area contributed by atoms with Gasteiger partial charge in [-0.1, -0.05) is 31.9 Å². The molecule has 0 bridgehead atoms. The van der Waals surface area contributed by atoms with E-state index in [-0.39, 0.29) is 0 Å². The Labute approximate surface area is 102 Å². The SMILES string of the molecule is CCC1CCC(Nc2ncc(Cl)cn2)C1C. The highest BCUT2D eigenvalue weighted by atomic mass is 35.5. The van der Waals surface area contributed by atoms with Gasteiger partial charge < -0.3 is 5.32 Å². The summed E-state index contributed by atoms with van der Waals surface area (Å²) >= 11 is 5.75. The molecule has 1 aliphatic rings. The van der Waals surface area contributed by atoms with Gasteiger partial charge in [0.05, 0.1) is 17.4 Å². The molecule has 4 heteroatoms. The molecule has 16 heavy (non-hydrogen) atoms. The summed E-state index contributed by atoms with van der Waals surface area (Å²) in [5.41, 5.74) is 0. The average Bonchev–Trinajstić information content (AvgIpc) is 2.63. The Bertz CT molecular complexity index is 339. The maximum atomic E-state index is 5.75. The van der Waals surface area contributed by atoms with Crippen LogP contribution in [0.3, 0.4) is 0 Å². The summed E-state index contributed by atoms with van der Waals surface area (Å²) in [6, 6.07) is 0.506. The molecular weight excluding hydrogens is 222 g/mol. The predicted molar refractivity (Wildman–Crippen MR) is 66.6 cm³/mol. The van der Waals surface area contributed by atoms with E-state index in [2.05, 4.69) is 29.1 Å². The summed E-state index contributed by atoms with van der Waals surface area (Å²) < 4.78 is 0. The first-order valence-corrected chi connectivity index (χ1v) is 6.32. The first-order chi connectivity index (χ1) is 7.70. The Kier molecular flexibility index (Phi) is 3.64. The fraction of sp³-hybridized carbons (Fsp3) is 0.667. The van der Waals surface area contributed by atoms with Crippen molar-refractivity contribution in [1.82, 2.24) is 9.97 Å². The molecule has 0 aromatic carbocycles. The normalized spacial score (nSPS) is 29.3. The van der Waals surface area contributed by atoms with Crippen LogP contribution in [0.1, 0.15) is 33.1 Å². The van der Waals surface area contributed by atoms with Gasteiger partial charge in [0.15, 0.2) is 0 Å². The minimum absolute atomic E-state index is 0.506. The molecule has 88 valence electrons. The van der Waals surface area contributed by atoms with E-state index in [0.29, 0.717) is 22.9 Å². The van der Waals surface area contributed by atoms with Crippen LogP contribution in [0.2, 0.25) is 5.02 Å². The van der Waals surface area contributed by atoms with Crippen LogP contribution in [-0.2, 0) is 0 Å². The van der Waals surface area contributed by atoms with Crippen LogP contribution >= 0.6 is 11.6 Å². The standard InChI is InChI=1S/C12H18ClN3/c1-3-9-4-5-11(8(9)2)16-12-14-6-10(13)7-15-12/h6-9,11H,3-5H2,1-2H3,(H,14,15,16). The number of aromatic nitrogens is 2. The molecule has 1 aromatic rings. The molecule has 3 atom stereocenters. The van der Waals surface area contributed by atoms with E-state index in [9.17, 15) is 0 Å². The molecule has 0 saturated heterocycles. The maximum Gasteiger partial charge on any atom is 0.222 e. The highest BCUT2D eigenvalue weighted by Gasteiger charge is 2.31. The lowest BCUT2D eigenvalue weighted by atomic mass is 9.94. The van der Waals surface area contributed by atoms with E-state index < -0.39 is 0 Å². The molecule has 0 amide bonds. The smallest absolute Gasteiger partial charge is 0.222 e. The summed E-state index contributed by atoms with van der Waals surface area (Å²) in [7, 11) is 0. The van der Waals surface area contributed by atoms with Gasteiger partial charge in [-0.25, -0.2) is 9.97 Å². The van der Waals surface area contributed by atoms with E-state index in [4.69, 9.17) is 11.6 Å². The van der Waals surface area contributed by atoms with Crippen LogP contribution < -0.4 is 5.32 Å². The van der Waals surface area contributed by atoms with Gasteiger partial charge in [-0.2, -0.15) is 0 Å². The molecule has 1 fully saturated rings. The molecular formula is C12H18ClN3. The van der Waals surface area contributed by atoms with Gasteiger partial charge in [-0.3, -0.25) is 0 Å². The van der Waals surface area contributed by atoms with Crippen LogP contribution in [0.4, 0.5) is 5.95 Å². The van der Waals surface area contributed by atoms with Crippen molar-refractivity contribution in [1.29, 1.82) is 0 Å². The quantitative estimate of drug-likeness (QED) is 0.879. The Morgan fingerprint density at radius 3 is 2.62 bits per heavy atom. The number of hydrogen-bond donors (Lipinski definition) is 1. The third-order valence-corrected chi connectivity index (χ3v) is 3.88. The van der Waals surface area contributed by atoms with E-state index in [0.717, 1.165) is 5.92 Å². The van der Waals surface area contributed by atoms with Gasteiger partial charge in [-0.15, -0.1) is 0 Å². The number of nitrogens with one attached hydrogen (secondary N) is 1. The fourth-order valence-corrected chi connectivity index (χ4v) is 2.68. The molecule has 1 saturated carbocycles. The van der Waals surface area contributed by atoms with E-state index in [1.807, 2.05) is 0 Å². The molecule has 1 aromatic heterocycles. The number of anilines is 1. The summed E-state index contributed by atoms with van der Waals surface area (Å²) in [6.07, 6.45) is 7.05. The van der Waals surface area contributed by atoms with Crippen LogP contribution in [-0.4, -0.2) is 16.0 Å². The molecule has 1 heterocycles. The van der Waals surface area contributed by atoms with Crippen molar-refractivity contribution in [3.05, 3.63) is 17.4 Å². The molecule has 2 rings (SSSR count). The minimum Gasteiger partial charge on any atom is -0.351 e. The minimum atomic E-state index is 0.506. The molecule has 0 radical (unpaired) electrons. The highest BCUT2D eigenvalue weighted by Crippen LogP contribution is 2.35. The van der Waals surface area contributed by atoms with Crippen molar-refractivity contribution in [2.45, 2.75) is 39.2 Å². The van der Waals surface area contributed by atoms with Crippen LogP contribution in [0, 0.1) is 11.8 Å². The van der Waals surface area contributed by atoms with Gasteiger partial charge in [0.25, 0.3) is 0 Å². The van der Waals surface area contributed by atoms with Gasteiger partial charge in [-0.05, 0) is 24.7 Å². The zero-order valence-electron chi connectivity index (χ0n) is 9.78. The van der Waals surface area contributed by atoms with Gasteiger partial charge >= 0.3 is 0 Å². The van der Waals surface area contributed by atoms with Crippen molar-refractivity contribution in [2.24, 2.45) is 11.8 Å². The Morgan fingerprint density at radius 2 is 2.06 bits per heavy atom. The third kappa shape index (κ3) is 2.46. The monoisotopic (exact) mass is 239 g/mol. The van der Waals surface area contributed by atoms with E-state index in [1.165, 1.54) is 19.3 Å². The Morgan fingerprint density at radius 1 is 1.38 bits per heavy atom. The number of nitrogens with zero attached hydrogens (tertiary/aromatic N) is 2.